The lowest BCUT2D eigenvalue weighted by molar-refractivity contribution is -0.862. The van der Waals surface area contributed by atoms with Gasteiger partial charge in [0.1, 0.15) is 6.10 Å². The quantitative estimate of drug-likeness (QED) is 0.176. The molecule has 0 saturated heterocycles. The highest BCUT2D eigenvalue weighted by molar-refractivity contribution is 5.70. The van der Waals surface area contributed by atoms with Gasteiger partial charge in [-0.05, 0) is 104 Å². The maximum absolute atomic E-state index is 12.5. The van der Waals surface area contributed by atoms with Crippen molar-refractivity contribution in [3.63, 3.8) is 0 Å². The zero-order chi connectivity index (χ0) is 27.2. The van der Waals surface area contributed by atoms with Crippen LogP contribution < -0.4 is 0 Å². The smallest absolute Gasteiger partial charge is 0.362 e. The molecule has 0 aromatic rings. The molecule has 0 spiro atoms. The van der Waals surface area contributed by atoms with Crippen LogP contribution in [0.4, 0.5) is 0 Å². The van der Waals surface area contributed by atoms with Crippen molar-refractivity contribution in [2.24, 2.45) is 52.3 Å². The van der Waals surface area contributed by atoms with Gasteiger partial charge in [-0.1, -0.05) is 66.0 Å². The first kappa shape index (κ1) is 29.2. The van der Waals surface area contributed by atoms with Crippen LogP contribution >= 0.6 is 0 Å². The molecule has 4 aliphatic rings. The van der Waals surface area contributed by atoms with E-state index in [2.05, 4.69) is 68.8 Å². The predicted octanol–water partition coefficient (Wildman–Crippen LogP) is 8.28. The Kier molecular flexibility index (Phi) is 8.65. The molecule has 0 unspecified atom stereocenters. The zero-order valence-corrected chi connectivity index (χ0v) is 25.9. The largest absolute Gasteiger partial charge is 0.458 e. The number of esters is 1. The Balaban J connectivity index is 1.41. The van der Waals surface area contributed by atoms with Crippen molar-refractivity contribution >= 4 is 5.97 Å². The Morgan fingerprint density at radius 1 is 1.03 bits per heavy atom. The average molecular weight is 515 g/mol. The topological polar surface area (TPSA) is 26.3 Å². The third-order valence-corrected chi connectivity index (χ3v) is 12.2. The lowest BCUT2D eigenvalue weighted by Gasteiger charge is -2.58. The van der Waals surface area contributed by atoms with Crippen molar-refractivity contribution < 1.29 is 14.0 Å². The van der Waals surface area contributed by atoms with Gasteiger partial charge in [0.15, 0.2) is 6.54 Å². The highest BCUT2D eigenvalue weighted by Crippen LogP contribution is 2.67. The van der Waals surface area contributed by atoms with Crippen LogP contribution in [0.5, 0.6) is 0 Å². The van der Waals surface area contributed by atoms with E-state index in [1.165, 1.54) is 57.8 Å². The molecule has 3 heteroatoms. The molecule has 3 nitrogen and oxygen atoms in total. The van der Waals surface area contributed by atoms with Crippen molar-refractivity contribution in [1.82, 2.24) is 0 Å². The Labute approximate surface area is 229 Å². The predicted molar refractivity (Wildman–Crippen MR) is 155 cm³/mol. The Morgan fingerprint density at radius 3 is 2.41 bits per heavy atom. The Morgan fingerprint density at radius 2 is 1.76 bits per heavy atom. The van der Waals surface area contributed by atoms with Gasteiger partial charge in [-0.2, -0.15) is 0 Å². The van der Waals surface area contributed by atoms with Crippen molar-refractivity contribution in [3.8, 4) is 0 Å². The van der Waals surface area contributed by atoms with Gasteiger partial charge >= 0.3 is 5.97 Å². The van der Waals surface area contributed by atoms with E-state index in [0.717, 1.165) is 54.3 Å². The second-order valence-electron chi connectivity index (χ2n) is 15.8. The molecule has 0 aromatic carbocycles. The number of carbonyl (C=O) groups is 1. The van der Waals surface area contributed by atoms with Crippen LogP contribution in [0.25, 0.3) is 0 Å². The SMILES string of the molecule is CC[C@H](CC[C@@H](C)[C@H]1CC[C@H]2[C@@H]3CC=C4C[C@@H](OC(=O)C[N+](C)(C)C)CC[C@]4(C)[C@H]3CC[C@]12C)C(C)C. The van der Waals surface area contributed by atoms with E-state index in [0.29, 0.717) is 21.9 Å². The van der Waals surface area contributed by atoms with Crippen molar-refractivity contribution in [2.45, 2.75) is 118 Å². The van der Waals surface area contributed by atoms with Crippen LogP contribution in [-0.2, 0) is 9.53 Å². The highest BCUT2D eigenvalue weighted by atomic mass is 16.5. The molecule has 4 aliphatic carbocycles. The van der Waals surface area contributed by atoms with Gasteiger partial charge in [-0.3, -0.25) is 0 Å². The van der Waals surface area contributed by atoms with E-state index in [1.54, 1.807) is 5.57 Å². The van der Waals surface area contributed by atoms with E-state index < -0.39 is 0 Å². The summed E-state index contributed by atoms with van der Waals surface area (Å²) in [4.78, 5) is 12.5. The van der Waals surface area contributed by atoms with E-state index in [1.807, 2.05) is 0 Å². The number of carbonyl (C=O) groups excluding carboxylic acids is 1. The molecular formula is C34H60NO2+. The maximum atomic E-state index is 12.5. The van der Waals surface area contributed by atoms with E-state index >= 15 is 0 Å². The third kappa shape index (κ3) is 5.87. The van der Waals surface area contributed by atoms with Gasteiger partial charge in [0, 0.05) is 6.42 Å². The summed E-state index contributed by atoms with van der Waals surface area (Å²) in [7, 11) is 6.17. The molecule has 9 atom stereocenters. The van der Waals surface area contributed by atoms with Crippen molar-refractivity contribution in [3.05, 3.63) is 11.6 Å². The Hall–Kier alpha value is -0.830. The number of hydrogen-bond acceptors (Lipinski definition) is 2. The summed E-state index contributed by atoms with van der Waals surface area (Å²) in [5, 5.41) is 0. The second kappa shape index (κ2) is 11.0. The normalized spacial score (nSPS) is 39.3. The molecule has 0 aromatic heterocycles. The first-order chi connectivity index (χ1) is 17.3. The van der Waals surface area contributed by atoms with Crippen LogP contribution in [0.3, 0.4) is 0 Å². The van der Waals surface area contributed by atoms with E-state index in [9.17, 15) is 4.79 Å². The van der Waals surface area contributed by atoms with Gasteiger partial charge in [-0.15, -0.1) is 0 Å². The van der Waals surface area contributed by atoms with Crippen LogP contribution in [-0.4, -0.2) is 44.2 Å². The summed E-state index contributed by atoms with van der Waals surface area (Å²) in [5.74, 6) is 6.05. The minimum atomic E-state index is -0.0337. The molecule has 0 N–H and O–H groups in total. The maximum Gasteiger partial charge on any atom is 0.362 e. The Bertz CT molecular complexity index is 839. The summed E-state index contributed by atoms with van der Waals surface area (Å²) in [6.07, 6.45) is 17.1. The lowest BCUT2D eigenvalue weighted by Crippen LogP contribution is -2.51. The number of hydrogen-bond donors (Lipinski definition) is 0. The fourth-order valence-electron chi connectivity index (χ4n) is 10.0. The minimum Gasteiger partial charge on any atom is -0.458 e. The molecule has 0 radical (unpaired) electrons. The fourth-order valence-corrected chi connectivity index (χ4v) is 10.0. The minimum absolute atomic E-state index is 0.0337. The molecule has 3 fully saturated rings. The number of nitrogens with zero attached hydrogens (tertiary/aromatic N) is 1. The van der Waals surface area contributed by atoms with Crippen molar-refractivity contribution in [1.29, 1.82) is 0 Å². The summed E-state index contributed by atoms with van der Waals surface area (Å²) >= 11 is 0. The van der Waals surface area contributed by atoms with E-state index in [4.69, 9.17) is 4.74 Å². The summed E-state index contributed by atoms with van der Waals surface area (Å²) in [6, 6.07) is 0. The molecule has 0 aliphatic heterocycles. The number of ether oxygens (including phenoxy) is 1. The summed E-state index contributed by atoms with van der Waals surface area (Å²) in [5.41, 5.74) is 2.48. The van der Waals surface area contributed by atoms with Gasteiger partial charge < -0.3 is 9.22 Å². The monoisotopic (exact) mass is 514 g/mol. The number of allylic oxidation sites excluding steroid dienone is 1. The van der Waals surface area contributed by atoms with Crippen LogP contribution in [0.1, 0.15) is 112 Å². The first-order valence-electron chi connectivity index (χ1n) is 16.0. The van der Waals surface area contributed by atoms with Crippen LogP contribution in [0.15, 0.2) is 11.6 Å². The number of likely N-dealkylation sites (N-methyl/N-ethyl adjacent to an activating group) is 1. The zero-order valence-electron chi connectivity index (χ0n) is 25.9. The van der Waals surface area contributed by atoms with Gasteiger partial charge in [0.2, 0.25) is 0 Å². The molecule has 3 saturated carbocycles. The van der Waals surface area contributed by atoms with E-state index in [-0.39, 0.29) is 12.1 Å². The summed E-state index contributed by atoms with van der Waals surface area (Å²) in [6.45, 7) is 15.5. The average Bonchev–Trinajstić information content (AvgIpc) is 3.15. The highest BCUT2D eigenvalue weighted by Gasteiger charge is 2.59. The van der Waals surface area contributed by atoms with Gasteiger partial charge in [0.25, 0.3) is 0 Å². The first-order valence-corrected chi connectivity index (χ1v) is 16.0. The van der Waals surface area contributed by atoms with Crippen LogP contribution in [0, 0.1) is 52.3 Å². The molecule has 212 valence electrons. The third-order valence-electron chi connectivity index (χ3n) is 12.2. The molecule has 37 heavy (non-hydrogen) atoms. The molecular weight excluding hydrogens is 454 g/mol. The standard InChI is InChI=1S/C34H60NO2/c1-10-25(23(2)3)12-11-24(4)29-15-16-30-28-14-13-26-21-27(37-32(36)22-35(7,8)9)17-19-33(26,5)31(28)18-20-34(29,30)6/h13,23-25,27-31H,10-12,14-22H2,1-9H3/q+1/t24-,25-,27+,28+,29-,30+,31+,33+,34-/m1/s1. The number of rotatable bonds is 9. The molecule has 0 heterocycles. The summed E-state index contributed by atoms with van der Waals surface area (Å²) < 4.78 is 6.62. The second-order valence-corrected chi connectivity index (χ2v) is 15.8. The van der Waals surface area contributed by atoms with Crippen LogP contribution in [0.2, 0.25) is 0 Å². The number of fused-ring (bicyclic) bond motifs is 5. The van der Waals surface area contributed by atoms with Gasteiger partial charge in [-0.25, -0.2) is 4.79 Å². The molecule has 0 amide bonds. The number of quaternary nitrogens is 1. The molecule has 4 rings (SSSR count). The lowest BCUT2D eigenvalue weighted by atomic mass is 9.47. The molecule has 0 bridgehead atoms. The van der Waals surface area contributed by atoms with Gasteiger partial charge in [0.05, 0.1) is 21.1 Å². The van der Waals surface area contributed by atoms with Crippen molar-refractivity contribution in [2.75, 3.05) is 27.7 Å². The fraction of sp³-hybridized carbons (Fsp3) is 0.912.